The Bertz CT molecular complexity index is 1490. The molecule has 3 amide bonds. The van der Waals surface area contributed by atoms with Crippen LogP contribution in [0.25, 0.3) is 6.08 Å². The van der Waals surface area contributed by atoms with Gasteiger partial charge in [-0.2, -0.15) is 0 Å². The molecule has 0 saturated heterocycles. The zero-order valence-electron chi connectivity index (χ0n) is 22.0. The number of para-hydroxylation sites is 2. The summed E-state index contributed by atoms with van der Waals surface area (Å²) in [6.07, 6.45) is 3.53. The molecular weight excluding hydrogens is 526 g/mol. The van der Waals surface area contributed by atoms with E-state index in [9.17, 15) is 14.4 Å². The number of carbonyl (C=O) groups excluding carboxylic acids is 3. The van der Waals surface area contributed by atoms with Gasteiger partial charge in [0.2, 0.25) is 5.91 Å². The fourth-order valence-corrected chi connectivity index (χ4v) is 4.76. The third-order valence-electron chi connectivity index (χ3n) is 5.76. The molecule has 1 unspecified atom stereocenters. The van der Waals surface area contributed by atoms with Crippen molar-refractivity contribution < 1.29 is 23.5 Å². The van der Waals surface area contributed by atoms with Gasteiger partial charge >= 0.3 is 0 Å². The van der Waals surface area contributed by atoms with Gasteiger partial charge in [0.15, 0.2) is 0 Å². The van der Waals surface area contributed by atoms with Crippen molar-refractivity contribution in [2.45, 2.75) is 23.5 Å². The first-order valence-corrected chi connectivity index (χ1v) is 13.5. The smallest absolute Gasteiger partial charge is 0.272 e. The SMILES string of the molecule is CCC(Sc1cccc(NC(=O)/C(=C/c2ccco2)NC(=O)c2ccccc2)c1)C(=O)Nc1ccccc1OC. The Hall–Kier alpha value is -4.76. The van der Waals surface area contributed by atoms with Gasteiger partial charge in [-0.05, 0) is 61.0 Å². The first-order valence-electron chi connectivity index (χ1n) is 12.6. The van der Waals surface area contributed by atoms with Gasteiger partial charge in [0.05, 0.1) is 24.3 Å². The quantitative estimate of drug-likeness (QED) is 0.150. The highest BCUT2D eigenvalue weighted by molar-refractivity contribution is 8.00. The summed E-state index contributed by atoms with van der Waals surface area (Å²) in [6.45, 7) is 1.94. The summed E-state index contributed by atoms with van der Waals surface area (Å²) in [4.78, 5) is 39.8. The number of hydrogen-bond acceptors (Lipinski definition) is 6. The van der Waals surface area contributed by atoms with Crippen LogP contribution in [0.2, 0.25) is 0 Å². The van der Waals surface area contributed by atoms with Crippen LogP contribution in [0, 0.1) is 0 Å². The van der Waals surface area contributed by atoms with Crippen LogP contribution in [0.4, 0.5) is 11.4 Å². The molecule has 8 nitrogen and oxygen atoms in total. The molecule has 3 aromatic carbocycles. The van der Waals surface area contributed by atoms with Crippen molar-refractivity contribution in [2.24, 2.45) is 0 Å². The van der Waals surface area contributed by atoms with Gasteiger partial charge in [0, 0.05) is 22.2 Å². The molecule has 204 valence electrons. The van der Waals surface area contributed by atoms with E-state index in [1.165, 1.54) is 24.1 Å². The fourth-order valence-electron chi connectivity index (χ4n) is 3.75. The van der Waals surface area contributed by atoms with E-state index in [1.54, 1.807) is 79.9 Å². The lowest BCUT2D eigenvalue weighted by Crippen LogP contribution is -2.30. The molecule has 0 saturated carbocycles. The van der Waals surface area contributed by atoms with Crippen LogP contribution < -0.4 is 20.7 Å². The van der Waals surface area contributed by atoms with Gasteiger partial charge in [-0.3, -0.25) is 14.4 Å². The lowest BCUT2D eigenvalue weighted by Gasteiger charge is -2.17. The van der Waals surface area contributed by atoms with E-state index in [0.717, 1.165) is 4.90 Å². The Morgan fingerprint density at radius 3 is 2.42 bits per heavy atom. The zero-order chi connectivity index (χ0) is 28.3. The number of anilines is 2. The highest BCUT2D eigenvalue weighted by Gasteiger charge is 2.20. The van der Waals surface area contributed by atoms with Crippen molar-refractivity contribution in [1.29, 1.82) is 0 Å². The van der Waals surface area contributed by atoms with E-state index in [4.69, 9.17) is 9.15 Å². The molecular formula is C31H29N3O5S. The Kier molecular flexibility index (Phi) is 9.79. The predicted octanol–water partition coefficient (Wildman–Crippen LogP) is 6.21. The minimum Gasteiger partial charge on any atom is -0.495 e. The summed E-state index contributed by atoms with van der Waals surface area (Å²) in [7, 11) is 1.55. The van der Waals surface area contributed by atoms with Crippen LogP contribution in [-0.4, -0.2) is 30.1 Å². The van der Waals surface area contributed by atoms with E-state index in [2.05, 4.69) is 16.0 Å². The molecule has 0 aliphatic heterocycles. The number of thioether (sulfide) groups is 1. The van der Waals surface area contributed by atoms with Crippen LogP contribution >= 0.6 is 11.8 Å². The van der Waals surface area contributed by atoms with E-state index in [-0.39, 0.29) is 16.9 Å². The lowest BCUT2D eigenvalue weighted by atomic mass is 10.2. The van der Waals surface area contributed by atoms with Crippen LogP contribution in [-0.2, 0) is 9.59 Å². The van der Waals surface area contributed by atoms with Crippen LogP contribution in [0.3, 0.4) is 0 Å². The predicted molar refractivity (Wildman–Crippen MR) is 157 cm³/mol. The molecule has 9 heteroatoms. The molecule has 0 radical (unpaired) electrons. The maximum Gasteiger partial charge on any atom is 0.272 e. The Morgan fingerprint density at radius 1 is 0.925 bits per heavy atom. The van der Waals surface area contributed by atoms with Gasteiger partial charge in [-0.15, -0.1) is 11.8 Å². The molecule has 1 aromatic heterocycles. The molecule has 4 rings (SSSR count). The topological polar surface area (TPSA) is 110 Å². The maximum absolute atomic E-state index is 13.2. The minimum atomic E-state index is -0.524. The van der Waals surface area contributed by atoms with Crippen molar-refractivity contribution in [3.63, 3.8) is 0 Å². The van der Waals surface area contributed by atoms with Crippen molar-refractivity contribution in [2.75, 3.05) is 17.7 Å². The molecule has 0 bridgehead atoms. The van der Waals surface area contributed by atoms with Crippen LogP contribution in [0.1, 0.15) is 29.5 Å². The first-order chi connectivity index (χ1) is 19.5. The summed E-state index contributed by atoms with van der Waals surface area (Å²) < 4.78 is 10.7. The molecule has 0 aliphatic carbocycles. The van der Waals surface area contributed by atoms with Gasteiger partial charge in [-0.1, -0.05) is 43.3 Å². The second-order valence-electron chi connectivity index (χ2n) is 8.58. The number of methoxy groups -OCH3 is 1. The highest BCUT2D eigenvalue weighted by Crippen LogP contribution is 2.30. The summed E-state index contributed by atoms with van der Waals surface area (Å²) >= 11 is 1.39. The van der Waals surface area contributed by atoms with E-state index in [0.29, 0.717) is 34.9 Å². The number of rotatable bonds is 11. The lowest BCUT2D eigenvalue weighted by molar-refractivity contribution is -0.116. The van der Waals surface area contributed by atoms with E-state index in [1.807, 2.05) is 25.1 Å². The molecule has 1 atom stereocenters. The average molecular weight is 556 g/mol. The molecule has 0 fully saturated rings. The average Bonchev–Trinajstić information content (AvgIpc) is 3.49. The zero-order valence-corrected chi connectivity index (χ0v) is 22.9. The monoisotopic (exact) mass is 555 g/mol. The number of amides is 3. The molecule has 0 aliphatic rings. The van der Waals surface area contributed by atoms with Crippen molar-refractivity contribution in [1.82, 2.24) is 5.32 Å². The highest BCUT2D eigenvalue weighted by atomic mass is 32.2. The van der Waals surface area contributed by atoms with Gasteiger partial charge < -0.3 is 25.1 Å². The normalized spacial score (nSPS) is 11.8. The number of hydrogen-bond donors (Lipinski definition) is 3. The molecule has 1 heterocycles. The standard InChI is InChI=1S/C31H29N3O5S/c1-3-28(31(37)33-25-16-7-8-17-27(25)38-2)40-24-15-9-13-22(19-24)32-30(36)26(20-23-14-10-18-39-23)34-29(35)21-11-5-4-6-12-21/h4-20,28H,3H2,1-2H3,(H,32,36)(H,33,37)(H,34,35)/b26-20-. The van der Waals surface area contributed by atoms with Crippen molar-refractivity contribution in [3.05, 3.63) is 114 Å². The number of benzene rings is 3. The molecule has 4 aromatic rings. The maximum atomic E-state index is 13.2. The summed E-state index contributed by atoms with van der Waals surface area (Å²) in [5, 5.41) is 8.07. The number of ether oxygens (including phenoxy) is 1. The Morgan fingerprint density at radius 2 is 1.70 bits per heavy atom. The van der Waals surface area contributed by atoms with E-state index >= 15 is 0 Å². The van der Waals surface area contributed by atoms with Crippen LogP contribution in [0.5, 0.6) is 5.75 Å². The second-order valence-corrected chi connectivity index (χ2v) is 9.86. The number of furan rings is 1. The van der Waals surface area contributed by atoms with Gasteiger partial charge in [0.1, 0.15) is 17.2 Å². The van der Waals surface area contributed by atoms with Gasteiger partial charge in [-0.25, -0.2) is 0 Å². The molecule has 40 heavy (non-hydrogen) atoms. The van der Waals surface area contributed by atoms with Gasteiger partial charge in [0.25, 0.3) is 11.8 Å². The van der Waals surface area contributed by atoms with Crippen molar-refractivity contribution >= 4 is 46.9 Å². The minimum absolute atomic E-state index is 0.0180. The van der Waals surface area contributed by atoms with Crippen LogP contribution in [0.15, 0.2) is 112 Å². The van der Waals surface area contributed by atoms with Crippen molar-refractivity contribution in [3.8, 4) is 5.75 Å². The number of carbonyl (C=O) groups is 3. The first kappa shape index (κ1) is 28.3. The Balaban J connectivity index is 1.47. The third-order valence-corrected chi connectivity index (χ3v) is 7.11. The summed E-state index contributed by atoms with van der Waals surface area (Å²) in [5.41, 5.74) is 1.54. The Labute approximate surface area is 236 Å². The largest absolute Gasteiger partial charge is 0.495 e. The third kappa shape index (κ3) is 7.64. The summed E-state index contributed by atoms with van der Waals surface area (Å²) in [6, 6.07) is 26.4. The van der Waals surface area contributed by atoms with E-state index < -0.39 is 11.8 Å². The summed E-state index contributed by atoms with van der Waals surface area (Å²) in [5.74, 6) is -0.111. The molecule has 0 spiro atoms. The fraction of sp³-hybridized carbons (Fsp3) is 0.129. The molecule has 3 N–H and O–H groups in total. The second kappa shape index (κ2) is 13.9. The number of nitrogens with one attached hydrogen (secondary N) is 3.